The van der Waals surface area contributed by atoms with Gasteiger partial charge in [0.15, 0.2) is 0 Å². The Kier molecular flexibility index (Phi) is 2.96. The van der Waals surface area contributed by atoms with Gasteiger partial charge in [-0.15, -0.1) is 0 Å². The predicted octanol–water partition coefficient (Wildman–Crippen LogP) is 0.559. The summed E-state index contributed by atoms with van der Waals surface area (Å²) in [6, 6.07) is 4.78. The van der Waals surface area contributed by atoms with Crippen molar-refractivity contribution in [2.75, 3.05) is 25.5 Å². The highest BCUT2D eigenvalue weighted by Crippen LogP contribution is 2.28. The molecule has 16 heavy (non-hydrogen) atoms. The van der Waals surface area contributed by atoms with Crippen molar-refractivity contribution in [3.05, 3.63) is 18.2 Å². The number of amides is 1. The summed E-state index contributed by atoms with van der Waals surface area (Å²) in [6.45, 7) is 1.39. The number of hydrogen-bond acceptors (Lipinski definition) is 4. The largest absolute Gasteiger partial charge is 0.506 e. The van der Waals surface area contributed by atoms with Gasteiger partial charge in [-0.3, -0.25) is 4.79 Å². The summed E-state index contributed by atoms with van der Waals surface area (Å²) in [6.07, 6.45) is 0. The van der Waals surface area contributed by atoms with Gasteiger partial charge in [-0.25, -0.2) is 0 Å². The summed E-state index contributed by atoms with van der Waals surface area (Å²) < 4.78 is 4.95. The minimum atomic E-state index is -0.0702. The highest BCUT2D eigenvalue weighted by atomic mass is 16.5. The summed E-state index contributed by atoms with van der Waals surface area (Å²) >= 11 is 0. The van der Waals surface area contributed by atoms with Crippen molar-refractivity contribution >= 4 is 11.6 Å². The standard InChI is InChI=1S/C11H14N2O3/c1-16-8-2-3-9(10(14)4-8)13-11(15)7-5-12-6-7/h2-4,7,12,14H,5-6H2,1H3,(H,13,15). The molecular weight excluding hydrogens is 208 g/mol. The second-order valence-corrected chi connectivity index (χ2v) is 3.73. The van der Waals surface area contributed by atoms with E-state index in [0.29, 0.717) is 24.5 Å². The zero-order chi connectivity index (χ0) is 11.5. The van der Waals surface area contributed by atoms with Crippen molar-refractivity contribution in [1.82, 2.24) is 5.32 Å². The first-order chi connectivity index (χ1) is 7.70. The first kappa shape index (κ1) is 10.8. The van der Waals surface area contributed by atoms with Gasteiger partial charge in [-0.05, 0) is 12.1 Å². The topological polar surface area (TPSA) is 70.6 Å². The molecule has 5 nitrogen and oxygen atoms in total. The zero-order valence-corrected chi connectivity index (χ0v) is 8.99. The number of rotatable bonds is 3. The second kappa shape index (κ2) is 4.40. The third kappa shape index (κ3) is 2.09. The molecule has 3 N–H and O–H groups in total. The minimum absolute atomic E-state index is 0.00139. The summed E-state index contributed by atoms with van der Waals surface area (Å²) in [7, 11) is 1.52. The molecule has 0 unspecified atom stereocenters. The molecule has 1 aromatic rings. The molecule has 86 valence electrons. The SMILES string of the molecule is COc1ccc(NC(=O)C2CNC2)c(O)c1. The van der Waals surface area contributed by atoms with Crippen molar-refractivity contribution in [2.45, 2.75) is 0 Å². The second-order valence-electron chi connectivity index (χ2n) is 3.73. The first-order valence-electron chi connectivity index (χ1n) is 5.09. The molecule has 0 aliphatic carbocycles. The Bertz CT molecular complexity index is 402. The average Bonchev–Trinajstić information content (AvgIpc) is 2.18. The van der Waals surface area contributed by atoms with Gasteiger partial charge in [0.05, 0.1) is 18.7 Å². The van der Waals surface area contributed by atoms with Gasteiger partial charge in [-0.2, -0.15) is 0 Å². The molecular formula is C11H14N2O3. The summed E-state index contributed by atoms with van der Waals surface area (Å²) in [5.74, 6) is 0.501. The van der Waals surface area contributed by atoms with Gasteiger partial charge < -0.3 is 20.5 Å². The quantitative estimate of drug-likeness (QED) is 0.653. The van der Waals surface area contributed by atoms with E-state index in [2.05, 4.69) is 10.6 Å². The number of phenols is 1. The Morgan fingerprint density at radius 3 is 2.81 bits per heavy atom. The van der Waals surface area contributed by atoms with Crippen LogP contribution in [0.2, 0.25) is 0 Å². The number of methoxy groups -OCH3 is 1. The average molecular weight is 222 g/mol. The van der Waals surface area contributed by atoms with Gasteiger partial charge in [0, 0.05) is 19.2 Å². The van der Waals surface area contributed by atoms with E-state index < -0.39 is 0 Å². The first-order valence-corrected chi connectivity index (χ1v) is 5.09. The number of anilines is 1. The zero-order valence-electron chi connectivity index (χ0n) is 8.99. The molecule has 0 aromatic heterocycles. The third-order valence-electron chi connectivity index (χ3n) is 2.62. The van der Waals surface area contributed by atoms with Crippen molar-refractivity contribution < 1.29 is 14.6 Å². The lowest BCUT2D eigenvalue weighted by molar-refractivity contribution is -0.121. The van der Waals surface area contributed by atoms with Gasteiger partial charge in [0.25, 0.3) is 0 Å². The summed E-state index contributed by atoms with van der Waals surface area (Å²) in [5, 5.41) is 15.3. The number of aromatic hydroxyl groups is 1. The van der Waals surface area contributed by atoms with Crippen LogP contribution in [0.5, 0.6) is 11.5 Å². The lowest BCUT2D eigenvalue weighted by Crippen LogP contribution is -2.48. The van der Waals surface area contributed by atoms with Crippen LogP contribution >= 0.6 is 0 Å². The van der Waals surface area contributed by atoms with E-state index in [9.17, 15) is 9.90 Å². The Hall–Kier alpha value is -1.75. The maximum absolute atomic E-state index is 11.6. The van der Waals surface area contributed by atoms with Crippen LogP contribution in [0.25, 0.3) is 0 Å². The van der Waals surface area contributed by atoms with E-state index in [0.717, 1.165) is 0 Å². The molecule has 1 aliphatic rings. The molecule has 2 rings (SSSR count). The fourth-order valence-electron chi connectivity index (χ4n) is 1.45. The molecule has 0 saturated carbocycles. The van der Waals surface area contributed by atoms with Crippen molar-refractivity contribution in [2.24, 2.45) is 5.92 Å². The van der Waals surface area contributed by atoms with Gasteiger partial charge in [0.1, 0.15) is 11.5 Å². The van der Waals surface area contributed by atoms with E-state index in [1.54, 1.807) is 12.1 Å². The summed E-state index contributed by atoms with van der Waals surface area (Å²) in [5.41, 5.74) is 0.415. The van der Waals surface area contributed by atoms with Crippen molar-refractivity contribution in [3.63, 3.8) is 0 Å². The monoisotopic (exact) mass is 222 g/mol. The maximum atomic E-state index is 11.6. The Balaban J connectivity index is 2.06. The molecule has 0 spiro atoms. The molecule has 0 bridgehead atoms. The van der Waals surface area contributed by atoms with Gasteiger partial charge in [-0.1, -0.05) is 0 Å². The lowest BCUT2D eigenvalue weighted by atomic mass is 10.0. The number of ether oxygens (including phenoxy) is 1. The molecule has 1 aliphatic heterocycles. The van der Waals surface area contributed by atoms with Crippen LogP contribution < -0.4 is 15.4 Å². The van der Waals surface area contributed by atoms with Gasteiger partial charge >= 0.3 is 0 Å². The van der Waals surface area contributed by atoms with Crippen LogP contribution in [0, 0.1) is 5.92 Å². The summed E-state index contributed by atoms with van der Waals surface area (Å²) in [4.78, 5) is 11.6. The van der Waals surface area contributed by atoms with Crippen LogP contribution in [0.1, 0.15) is 0 Å². The normalized spacial score (nSPS) is 15.3. The third-order valence-corrected chi connectivity index (χ3v) is 2.62. The number of carbonyl (C=O) groups is 1. The molecule has 1 heterocycles. The molecule has 1 aromatic carbocycles. The van der Waals surface area contributed by atoms with E-state index in [1.165, 1.54) is 13.2 Å². The van der Waals surface area contributed by atoms with Crippen molar-refractivity contribution in [1.29, 1.82) is 0 Å². The smallest absolute Gasteiger partial charge is 0.230 e. The highest BCUT2D eigenvalue weighted by molar-refractivity contribution is 5.94. The number of hydrogen-bond donors (Lipinski definition) is 3. The maximum Gasteiger partial charge on any atom is 0.230 e. The molecule has 5 heteroatoms. The van der Waals surface area contributed by atoms with Crippen LogP contribution in [-0.4, -0.2) is 31.2 Å². The van der Waals surface area contributed by atoms with E-state index in [1.807, 2.05) is 0 Å². The molecule has 1 fully saturated rings. The lowest BCUT2D eigenvalue weighted by Gasteiger charge is -2.25. The fraction of sp³-hybridized carbons (Fsp3) is 0.364. The number of nitrogens with one attached hydrogen (secondary N) is 2. The Morgan fingerprint density at radius 1 is 1.56 bits per heavy atom. The predicted molar refractivity (Wildman–Crippen MR) is 59.6 cm³/mol. The van der Waals surface area contributed by atoms with E-state index in [4.69, 9.17) is 4.74 Å². The molecule has 1 amide bonds. The molecule has 0 atom stereocenters. The Morgan fingerprint density at radius 2 is 2.31 bits per heavy atom. The van der Waals surface area contributed by atoms with Gasteiger partial charge in [0.2, 0.25) is 5.91 Å². The molecule has 1 saturated heterocycles. The van der Waals surface area contributed by atoms with Crippen LogP contribution in [0.3, 0.4) is 0 Å². The Labute approximate surface area is 93.4 Å². The van der Waals surface area contributed by atoms with E-state index >= 15 is 0 Å². The van der Waals surface area contributed by atoms with Crippen molar-refractivity contribution in [3.8, 4) is 11.5 Å². The van der Waals surface area contributed by atoms with Crippen LogP contribution in [-0.2, 0) is 4.79 Å². The minimum Gasteiger partial charge on any atom is -0.506 e. The molecule has 0 radical (unpaired) electrons. The van der Waals surface area contributed by atoms with Crippen LogP contribution in [0.4, 0.5) is 5.69 Å². The fourth-order valence-corrected chi connectivity index (χ4v) is 1.45. The highest BCUT2D eigenvalue weighted by Gasteiger charge is 2.25. The van der Waals surface area contributed by atoms with E-state index in [-0.39, 0.29) is 17.6 Å². The van der Waals surface area contributed by atoms with Crippen LogP contribution in [0.15, 0.2) is 18.2 Å². The number of phenolic OH excluding ortho intramolecular Hbond substituents is 1. The number of carbonyl (C=O) groups excluding carboxylic acids is 1. The number of benzene rings is 1.